The van der Waals surface area contributed by atoms with Crippen molar-refractivity contribution in [3.63, 3.8) is 0 Å². The number of rotatable bonds is 5. The van der Waals surface area contributed by atoms with Gasteiger partial charge in [0, 0.05) is 13.1 Å². The van der Waals surface area contributed by atoms with E-state index >= 15 is 0 Å². The van der Waals surface area contributed by atoms with Crippen molar-refractivity contribution < 1.29 is 14.2 Å². The maximum atomic E-state index is 5.74. The zero-order valence-corrected chi connectivity index (χ0v) is 10.1. The van der Waals surface area contributed by atoms with E-state index in [0.29, 0.717) is 13.2 Å². The molecule has 1 atom stereocenters. The fourth-order valence-electron chi connectivity index (χ4n) is 1.75. The molecule has 1 N–H and O–H groups in total. The topological polar surface area (TPSA) is 39.7 Å². The van der Waals surface area contributed by atoms with Crippen molar-refractivity contribution in [1.29, 1.82) is 0 Å². The third-order valence-corrected chi connectivity index (χ3v) is 2.58. The molecule has 1 aliphatic heterocycles. The second-order valence-corrected chi connectivity index (χ2v) is 3.89. The summed E-state index contributed by atoms with van der Waals surface area (Å²) in [7, 11) is 0. The summed E-state index contributed by atoms with van der Waals surface area (Å²) in [5.41, 5.74) is 0. The summed E-state index contributed by atoms with van der Waals surface area (Å²) in [6.07, 6.45) is 0.124. The van der Waals surface area contributed by atoms with E-state index in [-0.39, 0.29) is 6.10 Å². The SMILES string of the molecule is CCOc1ccccc1OC[C@@H]1CNCCO1. The van der Waals surface area contributed by atoms with Crippen molar-refractivity contribution in [2.45, 2.75) is 13.0 Å². The van der Waals surface area contributed by atoms with Gasteiger partial charge in [0.05, 0.1) is 13.2 Å². The minimum absolute atomic E-state index is 0.124. The first-order chi connectivity index (χ1) is 8.40. The van der Waals surface area contributed by atoms with Crippen molar-refractivity contribution in [3.8, 4) is 11.5 Å². The normalized spacial score (nSPS) is 19.9. The van der Waals surface area contributed by atoms with Gasteiger partial charge in [0.15, 0.2) is 11.5 Å². The van der Waals surface area contributed by atoms with Crippen LogP contribution in [0.25, 0.3) is 0 Å². The van der Waals surface area contributed by atoms with E-state index in [1.165, 1.54) is 0 Å². The lowest BCUT2D eigenvalue weighted by molar-refractivity contribution is -0.000350. The molecule has 94 valence electrons. The third-order valence-electron chi connectivity index (χ3n) is 2.58. The average molecular weight is 237 g/mol. The van der Waals surface area contributed by atoms with Crippen molar-refractivity contribution in [1.82, 2.24) is 5.32 Å². The van der Waals surface area contributed by atoms with Crippen molar-refractivity contribution in [2.75, 3.05) is 32.9 Å². The Kier molecular flexibility index (Phi) is 4.64. The Balaban J connectivity index is 1.88. The molecule has 4 nitrogen and oxygen atoms in total. The van der Waals surface area contributed by atoms with Crippen LogP contribution in [0.1, 0.15) is 6.92 Å². The Bertz CT molecular complexity index is 337. The number of hydrogen-bond acceptors (Lipinski definition) is 4. The molecule has 0 amide bonds. The lowest BCUT2D eigenvalue weighted by Crippen LogP contribution is -2.41. The molecule has 1 aromatic carbocycles. The molecule has 1 heterocycles. The largest absolute Gasteiger partial charge is 0.490 e. The number of para-hydroxylation sites is 2. The average Bonchev–Trinajstić information content (AvgIpc) is 2.39. The van der Waals surface area contributed by atoms with Crippen LogP contribution in [-0.4, -0.2) is 39.0 Å². The summed E-state index contributed by atoms with van der Waals surface area (Å²) in [4.78, 5) is 0. The van der Waals surface area contributed by atoms with Crippen molar-refractivity contribution in [3.05, 3.63) is 24.3 Å². The molecule has 4 heteroatoms. The third kappa shape index (κ3) is 3.61. The molecular formula is C13H19NO3. The molecule has 0 radical (unpaired) electrons. The van der Waals surface area contributed by atoms with Gasteiger partial charge in [-0.05, 0) is 19.1 Å². The highest BCUT2D eigenvalue weighted by Crippen LogP contribution is 2.26. The predicted molar refractivity (Wildman–Crippen MR) is 65.7 cm³/mol. The summed E-state index contributed by atoms with van der Waals surface area (Å²) in [5.74, 6) is 1.57. The smallest absolute Gasteiger partial charge is 0.161 e. The molecule has 0 unspecified atom stereocenters. The van der Waals surface area contributed by atoms with Gasteiger partial charge in [0.2, 0.25) is 0 Å². The summed E-state index contributed by atoms with van der Waals surface area (Å²) in [6.45, 7) is 5.67. The molecule has 1 aromatic rings. The summed E-state index contributed by atoms with van der Waals surface area (Å²) < 4.78 is 16.8. The van der Waals surface area contributed by atoms with E-state index in [9.17, 15) is 0 Å². The van der Waals surface area contributed by atoms with Gasteiger partial charge < -0.3 is 19.5 Å². The van der Waals surface area contributed by atoms with E-state index in [0.717, 1.165) is 31.2 Å². The second kappa shape index (κ2) is 6.47. The molecule has 1 saturated heterocycles. The first-order valence-corrected chi connectivity index (χ1v) is 6.07. The standard InChI is InChI=1S/C13H19NO3/c1-2-15-12-5-3-4-6-13(12)17-10-11-9-14-7-8-16-11/h3-6,11,14H,2,7-10H2,1H3/t11-/m0/s1. The fourth-order valence-corrected chi connectivity index (χ4v) is 1.75. The van der Waals surface area contributed by atoms with Gasteiger partial charge in [-0.3, -0.25) is 0 Å². The zero-order chi connectivity index (χ0) is 11.9. The molecule has 17 heavy (non-hydrogen) atoms. The maximum Gasteiger partial charge on any atom is 0.161 e. The summed E-state index contributed by atoms with van der Waals surface area (Å²) >= 11 is 0. The lowest BCUT2D eigenvalue weighted by atomic mass is 10.3. The lowest BCUT2D eigenvalue weighted by Gasteiger charge is -2.24. The van der Waals surface area contributed by atoms with Crippen LogP contribution in [0.3, 0.4) is 0 Å². The molecular weight excluding hydrogens is 218 g/mol. The van der Waals surface area contributed by atoms with E-state index in [1.54, 1.807) is 0 Å². The molecule has 0 aromatic heterocycles. The molecule has 1 aliphatic rings. The number of hydrogen-bond donors (Lipinski definition) is 1. The van der Waals surface area contributed by atoms with E-state index < -0.39 is 0 Å². The summed E-state index contributed by atoms with van der Waals surface area (Å²) in [5, 5.41) is 3.27. The number of nitrogens with one attached hydrogen (secondary N) is 1. The Morgan fingerprint density at radius 2 is 2.06 bits per heavy atom. The van der Waals surface area contributed by atoms with Gasteiger partial charge in [0.25, 0.3) is 0 Å². The molecule has 0 aliphatic carbocycles. The Morgan fingerprint density at radius 1 is 1.29 bits per heavy atom. The minimum atomic E-state index is 0.124. The molecule has 2 rings (SSSR count). The van der Waals surface area contributed by atoms with Crippen LogP contribution in [0, 0.1) is 0 Å². The zero-order valence-electron chi connectivity index (χ0n) is 10.1. The van der Waals surface area contributed by atoms with Crippen LogP contribution in [0.2, 0.25) is 0 Å². The Labute approximate surface area is 102 Å². The maximum absolute atomic E-state index is 5.74. The van der Waals surface area contributed by atoms with E-state index in [4.69, 9.17) is 14.2 Å². The van der Waals surface area contributed by atoms with Gasteiger partial charge in [-0.2, -0.15) is 0 Å². The van der Waals surface area contributed by atoms with Gasteiger partial charge in [0.1, 0.15) is 12.7 Å². The van der Waals surface area contributed by atoms with Crippen LogP contribution in [-0.2, 0) is 4.74 Å². The second-order valence-electron chi connectivity index (χ2n) is 3.89. The van der Waals surface area contributed by atoms with Crippen LogP contribution < -0.4 is 14.8 Å². The quantitative estimate of drug-likeness (QED) is 0.841. The first-order valence-electron chi connectivity index (χ1n) is 6.07. The van der Waals surface area contributed by atoms with Crippen molar-refractivity contribution >= 4 is 0 Å². The summed E-state index contributed by atoms with van der Waals surface area (Å²) in [6, 6.07) is 7.72. The van der Waals surface area contributed by atoms with Crippen LogP contribution in [0.5, 0.6) is 11.5 Å². The minimum Gasteiger partial charge on any atom is -0.490 e. The highest BCUT2D eigenvalue weighted by Gasteiger charge is 2.14. The van der Waals surface area contributed by atoms with Gasteiger partial charge in [-0.25, -0.2) is 0 Å². The predicted octanol–water partition coefficient (Wildman–Crippen LogP) is 1.45. The van der Waals surface area contributed by atoms with Gasteiger partial charge in [-0.1, -0.05) is 12.1 Å². The van der Waals surface area contributed by atoms with E-state index in [1.807, 2.05) is 31.2 Å². The van der Waals surface area contributed by atoms with Gasteiger partial charge in [-0.15, -0.1) is 0 Å². The van der Waals surface area contributed by atoms with Crippen LogP contribution in [0.15, 0.2) is 24.3 Å². The van der Waals surface area contributed by atoms with Gasteiger partial charge >= 0.3 is 0 Å². The molecule has 0 saturated carbocycles. The highest BCUT2D eigenvalue weighted by molar-refractivity contribution is 5.39. The number of benzene rings is 1. The highest BCUT2D eigenvalue weighted by atomic mass is 16.5. The number of morpholine rings is 1. The molecule has 0 bridgehead atoms. The van der Waals surface area contributed by atoms with Crippen molar-refractivity contribution in [2.24, 2.45) is 0 Å². The Morgan fingerprint density at radius 3 is 2.71 bits per heavy atom. The molecule has 1 fully saturated rings. The first kappa shape index (κ1) is 12.2. The monoisotopic (exact) mass is 237 g/mol. The Hall–Kier alpha value is -1.26. The fraction of sp³-hybridized carbons (Fsp3) is 0.538. The number of ether oxygens (including phenoxy) is 3. The van der Waals surface area contributed by atoms with E-state index in [2.05, 4.69) is 5.32 Å². The molecule has 0 spiro atoms. The van der Waals surface area contributed by atoms with Crippen LogP contribution in [0.4, 0.5) is 0 Å². The van der Waals surface area contributed by atoms with Crippen LogP contribution >= 0.6 is 0 Å².